The number of carbonyl (C=O) groups is 1. The Labute approximate surface area is 122 Å². The Morgan fingerprint density at radius 2 is 1.79 bits per heavy atom. The van der Waals surface area contributed by atoms with E-state index in [1.807, 2.05) is 7.85 Å². The van der Waals surface area contributed by atoms with Gasteiger partial charge in [-0.25, -0.2) is 0 Å². The lowest BCUT2D eigenvalue weighted by Crippen LogP contribution is -2.60. The fourth-order valence-corrected chi connectivity index (χ4v) is 2.70. The minimum atomic E-state index is -0.717. The number of hydrogen-bond donors (Lipinski definition) is 2. The summed E-state index contributed by atoms with van der Waals surface area (Å²) in [5, 5.41) is 12.6. The summed E-state index contributed by atoms with van der Waals surface area (Å²) in [5.74, 6) is -0.976. The number of carboxylic acid groups (broad SMARTS) is 1. The van der Waals surface area contributed by atoms with Crippen molar-refractivity contribution < 1.29 is 9.90 Å². The normalized spacial score (nSPS) is 15.9. The van der Waals surface area contributed by atoms with Crippen LogP contribution in [0, 0.1) is 0 Å². The molecule has 0 aromatic carbocycles. The second-order valence-electron chi connectivity index (χ2n) is 7.10. The molecule has 0 amide bonds. The first-order chi connectivity index (χ1) is 8.53. The Hall–Kier alpha value is -0.310. The summed E-state index contributed by atoms with van der Waals surface area (Å²) in [7, 11) is 8.03. The van der Waals surface area contributed by atoms with Gasteiger partial charge >= 0.3 is 0 Å². The molecule has 0 bridgehead atoms. The van der Waals surface area contributed by atoms with Gasteiger partial charge < -0.3 is 10.4 Å². The molecule has 0 rings (SSSR count). The van der Waals surface area contributed by atoms with Gasteiger partial charge in [-0.1, -0.05) is 32.0 Å². The van der Waals surface area contributed by atoms with Gasteiger partial charge in [0.25, 0.3) is 5.97 Å². The van der Waals surface area contributed by atoms with Gasteiger partial charge in [0, 0.05) is 11.4 Å². The minimum absolute atomic E-state index is 0.0468. The van der Waals surface area contributed by atoms with Crippen LogP contribution in [0.25, 0.3) is 0 Å². The van der Waals surface area contributed by atoms with Crippen molar-refractivity contribution in [3.63, 3.8) is 0 Å². The van der Waals surface area contributed by atoms with E-state index in [0.717, 1.165) is 6.42 Å². The highest BCUT2D eigenvalue weighted by Gasteiger charge is 2.36. The first-order valence-electron chi connectivity index (χ1n) is 7.55. The molecular formula is C12H29B4NO2. The third-order valence-electron chi connectivity index (χ3n) is 4.34. The third kappa shape index (κ3) is 6.60. The highest BCUT2D eigenvalue weighted by atomic mass is 16.4. The second-order valence-corrected chi connectivity index (χ2v) is 7.10. The summed E-state index contributed by atoms with van der Waals surface area (Å²) in [6, 6.07) is 0. The van der Waals surface area contributed by atoms with Gasteiger partial charge in [0.2, 0.25) is 0 Å². The van der Waals surface area contributed by atoms with Gasteiger partial charge in [-0.3, -0.25) is 4.79 Å². The zero-order valence-corrected chi connectivity index (χ0v) is 13.8. The van der Waals surface area contributed by atoms with Crippen LogP contribution in [0.2, 0.25) is 11.6 Å². The van der Waals surface area contributed by atoms with Gasteiger partial charge in [0.05, 0.1) is 0 Å². The predicted octanol–water partition coefficient (Wildman–Crippen LogP) is -1.22. The van der Waals surface area contributed by atoms with E-state index in [0.29, 0.717) is 0 Å². The quantitative estimate of drug-likeness (QED) is 0.405. The van der Waals surface area contributed by atoms with Gasteiger partial charge in [0.1, 0.15) is 31.4 Å². The van der Waals surface area contributed by atoms with Gasteiger partial charge in [-0.15, -0.1) is 0 Å². The molecule has 106 valence electrons. The molecule has 7 heteroatoms. The van der Waals surface area contributed by atoms with E-state index in [1.165, 1.54) is 19.3 Å². The Kier molecular flexibility index (Phi) is 7.34. The van der Waals surface area contributed by atoms with Crippen molar-refractivity contribution in [2.75, 3.05) is 0 Å². The van der Waals surface area contributed by atoms with Crippen molar-refractivity contribution in [2.45, 2.75) is 69.0 Å². The van der Waals surface area contributed by atoms with Crippen molar-refractivity contribution in [3.05, 3.63) is 0 Å². The molecule has 0 aliphatic heterocycles. The molecule has 3 nitrogen and oxygen atoms in total. The van der Waals surface area contributed by atoms with Crippen molar-refractivity contribution in [1.29, 1.82) is 0 Å². The summed E-state index contributed by atoms with van der Waals surface area (Å²) < 4.78 is 0. The maximum Gasteiger partial charge on any atom is 0.297 e. The molecule has 2 unspecified atom stereocenters. The molecule has 0 spiro atoms. The Morgan fingerprint density at radius 1 is 1.26 bits per heavy atom. The molecule has 0 aromatic heterocycles. The lowest BCUT2D eigenvalue weighted by molar-refractivity contribution is -0.137. The van der Waals surface area contributed by atoms with E-state index in [1.54, 1.807) is 7.85 Å². The molecular weight excluding hydrogens is 233 g/mol. The fraction of sp³-hybridized carbons (Fsp3) is 0.917. The molecule has 0 fully saturated rings. The van der Waals surface area contributed by atoms with Crippen molar-refractivity contribution in [1.82, 2.24) is 5.32 Å². The molecule has 0 aromatic rings. The SMILES string of the molecule is BC(C(=O)O)C(B)C(B)(B)NC(C)(C)CCCCC. The smallest absolute Gasteiger partial charge is 0.297 e. The fourth-order valence-electron chi connectivity index (χ4n) is 2.70. The molecule has 0 saturated heterocycles. The first-order valence-corrected chi connectivity index (χ1v) is 7.55. The van der Waals surface area contributed by atoms with Crippen LogP contribution in [0.1, 0.15) is 46.5 Å². The summed E-state index contributed by atoms with van der Waals surface area (Å²) in [4.78, 5) is 11.1. The molecule has 2 N–H and O–H groups in total. The highest BCUT2D eigenvalue weighted by molar-refractivity contribution is 6.46. The average molecular weight is 263 g/mol. The van der Waals surface area contributed by atoms with Crippen LogP contribution in [-0.2, 0) is 4.79 Å². The monoisotopic (exact) mass is 263 g/mol. The maximum atomic E-state index is 11.1. The van der Waals surface area contributed by atoms with Crippen LogP contribution in [0.5, 0.6) is 0 Å². The summed E-state index contributed by atoms with van der Waals surface area (Å²) in [6.45, 7) is 6.63. The molecule has 0 aliphatic rings. The lowest BCUT2D eigenvalue weighted by Gasteiger charge is -2.43. The predicted molar refractivity (Wildman–Crippen MR) is 93.4 cm³/mol. The maximum absolute atomic E-state index is 11.1. The van der Waals surface area contributed by atoms with Gasteiger partial charge in [0.15, 0.2) is 0 Å². The van der Waals surface area contributed by atoms with Crippen molar-refractivity contribution in [3.8, 4) is 0 Å². The average Bonchev–Trinajstić information content (AvgIpc) is 2.25. The topological polar surface area (TPSA) is 49.3 Å². The largest absolute Gasteiger partial charge is 0.482 e. The summed E-state index contributed by atoms with van der Waals surface area (Å²) >= 11 is 0. The third-order valence-corrected chi connectivity index (χ3v) is 4.34. The van der Waals surface area contributed by atoms with Crippen molar-refractivity contribution in [2.24, 2.45) is 0 Å². The second kappa shape index (κ2) is 7.47. The van der Waals surface area contributed by atoms with E-state index >= 15 is 0 Å². The van der Waals surface area contributed by atoms with E-state index in [4.69, 9.17) is 5.11 Å². The van der Waals surface area contributed by atoms with E-state index < -0.39 is 5.97 Å². The number of unbranched alkanes of at least 4 members (excludes halogenated alkanes) is 2. The number of hydrogen-bond acceptors (Lipinski definition) is 2. The van der Waals surface area contributed by atoms with Crippen molar-refractivity contribution >= 4 is 37.4 Å². The standard InChI is InChI=1S/C12H29B4NO2/c1-4-5-6-7-11(2,3)17-12(15,16)9(14)8(13)10(18)19/h8-9,17H,4-7,13-16H2,1-3H3,(H,18,19). The van der Waals surface area contributed by atoms with Crippen LogP contribution in [0.3, 0.4) is 0 Å². The van der Waals surface area contributed by atoms with Crippen LogP contribution in [-0.4, -0.2) is 53.3 Å². The van der Waals surface area contributed by atoms with E-state index in [2.05, 4.69) is 41.8 Å². The minimum Gasteiger partial charge on any atom is -0.482 e. The summed E-state index contributed by atoms with van der Waals surface area (Å²) in [6.07, 6.45) is 4.83. The van der Waals surface area contributed by atoms with E-state index in [-0.39, 0.29) is 22.5 Å². The van der Waals surface area contributed by atoms with Crippen LogP contribution in [0.4, 0.5) is 0 Å². The van der Waals surface area contributed by atoms with Crippen LogP contribution >= 0.6 is 0 Å². The number of nitrogens with one attached hydrogen (secondary N) is 1. The molecule has 0 radical (unpaired) electrons. The Bertz CT molecular complexity index is 297. The van der Waals surface area contributed by atoms with Crippen LogP contribution < -0.4 is 5.32 Å². The summed E-state index contributed by atoms with van der Waals surface area (Å²) in [5.41, 5.74) is 0.0468. The number of carboxylic acids is 1. The van der Waals surface area contributed by atoms with Gasteiger partial charge in [-0.2, -0.15) is 0 Å². The zero-order chi connectivity index (χ0) is 15.3. The molecule has 19 heavy (non-hydrogen) atoms. The van der Waals surface area contributed by atoms with E-state index in [9.17, 15) is 4.79 Å². The van der Waals surface area contributed by atoms with Crippen LogP contribution in [0.15, 0.2) is 0 Å². The molecule has 0 heterocycles. The lowest BCUT2D eigenvalue weighted by atomic mass is 9.43. The number of aliphatic carboxylic acids is 1. The number of rotatable bonds is 9. The Morgan fingerprint density at radius 3 is 2.21 bits per heavy atom. The van der Waals surface area contributed by atoms with Gasteiger partial charge in [-0.05, 0) is 25.6 Å². The zero-order valence-electron chi connectivity index (χ0n) is 13.8. The molecule has 0 saturated carbocycles. The highest BCUT2D eigenvalue weighted by Crippen LogP contribution is 2.29. The first kappa shape index (κ1) is 18.7. The Balaban J connectivity index is 4.60. The molecule has 2 atom stereocenters. The molecule has 0 aliphatic carbocycles.